The minimum atomic E-state index is 0.213. The Morgan fingerprint density at radius 2 is 2.00 bits per heavy atom. The zero-order valence-electron chi connectivity index (χ0n) is 11.6. The van der Waals surface area contributed by atoms with Crippen LogP contribution >= 0.6 is 11.3 Å². The molecule has 0 amide bonds. The minimum Gasteiger partial charge on any atom is -0.302 e. The zero-order valence-corrected chi connectivity index (χ0v) is 12.4. The fourth-order valence-electron chi connectivity index (χ4n) is 2.29. The number of nitrogens with zero attached hydrogens (tertiary/aromatic N) is 2. The molecule has 102 valence electrons. The molecule has 0 aliphatic rings. The lowest BCUT2D eigenvalue weighted by Crippen LogP contribution is -2.23. The van der Waals surface area contributed by atoms with Gasteiger partial charge in [-0.3, -0.25) is 9.97 Å². The Morgan fingerprint density at radius 1 is 1.10 bits per heavy atom. The number of aromatic nitrogens is 2. The molecule has 0 saturated carbocycles. The molecule has 3 heterocycles. The van der Waals surface area contributed by atoms with Gasteiger partial charge in [-0.15, -0.1) is 11.3 Å². The molecule has 0 spiro atoms. The predicted octanol–water partition coefficient (Wildman–Crippen LogP) is 4.10. The van der Waals surface area contributed by atoms with E-state index in [1.54, 1.807) is 11.3 Å². The van der Waals surface area contributed by atoms with Crippen molar-refractivity contribution >= 4 is 21.6 Å². The van der Waals surface area contributed by atoms with Crippen LogP contribution in [0.2, 0.25) is 0 Å². The van der Waals surface area contributed by atoms with Gasteiger partial charge in [0.05, 0.1) is 15.9 Å². The van der Waals surface area contributed by atoms with Gasteiger partial charge in [-0.05, 0) is 49.1 Å². The summed E-state index contributed by atoms with van der Waals surface area (Å²) in [6, 6.07) is 10.7. The van der Waals surface area contributed by atoms with Gasteiger partial charge in [0.2, 0.25) is 0 Å². The van der Waals surface area contributed by atoms with Crippen molar-refractivity contribution in [3.63, 3.8) is 0 Å². The molecule has 0 aliphatic heterocycles. The van der Waals surface area contributed by atoms with Gasteiger partial charge >= 0.3 is 0 Å². The molecule has 1 unspecified atom stereocenters. The van der Waals surface area contributed by atoms with Gasteiger partial charge in [0, 0.05) is 24.5 Å². The molecule has 0 bridgehead atoms. The molecule has 3 aromatic rings. The summed E-state index contributed by atoms with van der Waals surface area (Å²) < 4.78 is 1.24. The topological polar surface area (TPSA) is 37.8 Å². The highest BCUT2D eigenvalue weighted by molar-refractivity contribution is 7.17. The molecular weight excluding hydrogens is 266 g/mol. The van der Waals surface area contributed by atoms with Gasteiger partial charge in [0.1, 0.15) is 0 Å². The van der Waals surface area contributed by atoms with Crippen LogP contribution in [0.5, 0.6) is 0 Å². The highest BCUT2D eigenvalue weighted by atomic mass is 32.1. The number of hydrogen-bond donors (Lipinski definition) is 1. The van der Waals surface area contributed by atoms with Gasteiger partial charge in [0.25, 0.3) is 0 Å². The van der Waals surface area contributed by atoms with Crippen molar-refractivity contribution in [1.29, 1.82) is 0 Å². The summed E-state index contributed by atoms with van der Waals surface area (Å²) >= 11 is 1.73. The van der Waals surface area contributed by atoms with E-state index >= 15 is 0 Å². The van der Waals surface area contributed by atoms with Gasteiger partial charge in [-0.2, -0.15) is 0 Å². The normalized spacial score (nSPS) is 14.3. The summed E-state index contributed by atoms with van der Waals surface area (Å²) in [5.41, 5.74) is 3.34. The van der Waals surface area contributed by atoms with Crippen LogP contribution < -0.4 is 5.32 Å². The fourth-order valence-corrected chi connectivity index (χ4v) is 3.08. The number of rotatable bonds is 4. The van der Waals surface area contributed by atoms with Gasteiger partial charge < -0.3 is 5.32 Å². The van der Waals surface area contributed by atoms with Crippen molar-refractivity contribution in [2.45, 2.75) is 25.9 Å². The number of fused-ring (bicyclic) bond motifs is 1. The highest BCUT2D eigenvalue weighted by Gasteiger charge is 2.12. The van der Waals surface area contributed by atoms with E-state index in [1.807, 2.05) is 30.6 Å². The van der Waals surface area contributed by atoms with Crippen LogP contribution in [-0.2, 0) is 0 Å². The number of hydrogen-bond acceptors (Lipinski definition) is 4. The second kappa shape index (κ2) is 5.69. The lowest BCUT2D eigenvalue weighted by Gasteiger charge is -2.19. The first-order valence-corrected chi connectivity index (χ1v) is 7.62. The van der Waals surface area contributed by atoms with E-state index in [-0.39, 0.29) is 12.1 Å². The van der Waals surface area contributed by atoms with Crippen LogP contribution in [-0.4, -0.2) is 9.97 Å². The molecule has 2 atom stereocenters. The second-order valence-corrected chi connectivity index (χ2v) is 5.88. The Kier molecular flexibility index (Phi) is 3.76. The maximum atomic E-state index is 4.50. The Morgan fingerprint density at radius 3 is 2.80 bits per heavy atom. The van der Waals surface area contributed by atoms with E-state index in [0.717, 1.165) is 11.2 Å². The summed E-state index contributed by atoms with van der Waals surface area (Å²) in [6.45, 7) is 4.30. The standard InChI is InChI=1S/C16H17N3S/c1-11(19-12(2)14-5-3-4-7-17-14)13-9-16-15(18-10-13)6-8-20-16/h3-12,19H,1-2H3/t11?,12-/m0/s1. The first-order chi connectivity index (χ1) is 9.74. The number of nitrogens with one attached hydrogen (secondary N) is 1. The molecule has 0 radical (unpaired) electrons. The molecule has 0 saturated heterocycles. The third kappa shape index (κ3) is 2.71. The monoisotopic (exact) mass is 283 g/mol. The average Bonchev–Trinajstić information content (AvgIpc) is 2.95. The lowest BCUT2D eigenvalue weighted by molar-refractivity contribution is 0.486. The van der Waals surface area contributed by atoms with E-state index in [0.29, 0.717) is 0 Å². The highest BCUT2D eigenvalue weighted by Crippen LogP contribution is 2.24. The summed E-state index contributed by atoms with van der Waals surface area (Å²) in [6.07, 6.45) is 3.79. The molecule has 0 aliphatic carbocycles. The first-order valence-electron chi connectivity index (χ1n) is 6.74. The van der Waals surface area contributed by atoms with Crippen LogP contribution in [0, 0.1) is 0 Å². The molecule has 0 fully saturated rings. The van der Waals surface area contributed by atoms with Crippen LogP contribution in [0.1, 0.15) is 37.2 Å². The summed E-state index contributed by atoms with van der Waals surface area (Å²) in [5, 5.41) is 5.65. The number of thiophene rings is 1. The molecule has 3 rings (SSSR count). The Balaban J connectivity index is 1.76. The molecular formula is C16H17N3S. The lowest BCUT2D eigenvalue weighted by atomic mass is 10.1. The van der Waals surface area contributed by atoms with Crippen LogP contribution in [0.25, 0.3) is 10.2 Å². The fraction of sp³-hybridized carbons (Fsp3) is 0.250. The van der Waals surface area contributed by atoms with Crippen molar-refractivity contribution in [2.24, 2.45) is 0 Å². The SMILES string of the molecule is CC(N[C@@H](C)c1ccccn1)c1cnc2ccsc2c1. The maximum Gasteiger partial charge on any atom is 0.0809 e. The third-order valence-corrected chi connectivity index (χ3v) is 4.31. The molecule has 4 heteroatoms. The van der Waals surface area contributed by atoms with Crippen LogP contribution in [0.15, 0.2) is 48.1 Å². The smallest absolute Gasteiger partial charge is 0.0809 e. The quantitative estimate of drug-likeness (QED) is 0.783. The second-order valence-electron chi connectivity index (χ2n) is 4.94. The number of pyridine rings is 2. The van der Waals surface area contributed by atoms with E-state index in [1.165, 1.54) is 10.3 Å². The molecule has 0 aromatic carbocycles. The van der Waals surface area contributed by atoms with Crippen molar-refractivity contribution < 1.29 is 0 Å². The largest absolute Gasteiger partial charge is 0.302 e. The van der Waals surface area contributed by atoms with Crippen molar-refractivity contribution in [1.82, 2.24) is 15.3 Å². The Hall–Kier alpha value is -1.78. The average molecular weight is 283 g/mol. The minimum absolute atomic E-state index is 0.213. The van der Waals surface area contributed by atoms with E-state index in [2.05, 4.69) is 46.6 Å². The summed E-state index contributed by atoms with van der Waals surface area (Å²) in [4.78, 5) is 8.89. The van der Waals surface area contributed by atoms with Crippen LogP contribution in [0.4, 0.5) is 0 Å². The van der Waals surface area contributed by atoms with Crippen molar-refractivity contribution in [3.8, 4) is 0 Å². The molecule has 20 heavy (non-hydrogen) atoms. The Labute approximate surface area is 122 Å². The molecule has 3 nitrogen and oxygen atoms in total. The predicted molar refractivity (Wildman–Crippen MR) is 83.8 cm³/mol. The first kappa shape index (κ1) is 13.2. The molecule has 3 aromatic heterocycles. The summed E-state index contributed by atoms with van der Waals surface area (Å²) in [5.74, 6) is 0. The van der Waals surface area contributed by atoms with Crippen molar-refractivity contribution in [3.05, 3.63) is 59.4 Å². The van der Waals surface area contributed by atoms with E-state index in [4.69, 9.17) is 0 Å². The summed E-state index contributed by atoms with van der Waals surface area (Å²) in [7, 11) is 0. The van der Waals surface area contributed by atoms with Crippen LogP contribution in [0.3, 0.4) is 0 Å². The van der Waals surface area contributed by atoms with Gasteiger partial charge in [-0.1, -0.05) is 6.07 Å². The van der Waals surface area contributed by atoms with Gasteiger partial charge in [0.15, 0.2) is 0 Å². The van der Waals surface area contributed by atoms with Gasteiger partial charge in [-0.25, -0.2) is 0 Å². The Bertz CT molecular complexity index is 693. The van der Waals surface area contributed by atoms with E-state index in [9.17, 15) is 0 Å². The third-order valence-electron chi connectivity index (χ3n) is 3.46. The van der Waals surface area contributed by atoms with E-state index < -0.39 is 0 Å². The molecule has 1 N–H and O–H groups in total. The maximum absolute atomic E-state index is 4.50. The zero-order chi connectivity index (χ0) is 13.9. The van der Waals surface area contributed by atoms with Crippen molar-refractivity contribution in [2.75, 3.05) is 0 Å².